The minimum atomic E-state index is -0.265. The highest BCUT2D eigenvalue weighted by Crippen LogP contribution is 2.42. The number of carbonyl (C=O) groups excluding carboxylic acids is 2. The van der Waals surface area contributed by atoms with E-state index in [0.29, 0.717) is 21.3 Å². The Morgan fingerprint density at radius 3 is 2.30 bits per heavy atom. The first-order valence-corrected chi connectivity index (χ1v) is 9.17. The zero-order valence-corrected chi connectivity index (χ0v) is 14.3. The first-order valence-electron chi connectivity index (χ1n) is 7.20. The second kappa shape index (κ2) is 5.35. The predicted molar refractivity (Wildman–Crippen MR) is 93.4 cm³/mol. The quantitative estimate of drug-likeness (QED) is 0.742. The van der Waals surface area contributed by atoms with Gasteiger partial charge in [0.1, 0.15) is 5.82 Å². The van der Waals surface area contributed by atoms with Gasteiger partial charge < -0.3 is 0 Å². The Morgan fingerprint density at radius 2 is 1.65 bits per heavy atom. The van der Waals surface area contributed by atoms with Crippen LogP contribution in [0.25, 0.3) is 11.0 Å². The smallest absolute Gasteiger partial charge is 0.267 e. The Morgan fingerprint density at radius 1 is 1.00 bits per heavy atom. The average molecular weight is 343 g/mol. The first-order chi connectivity index (χ1) is 11.1. The van der Waals surface area contributed by atoms with Gasteiger partial charge in [-0.15, -0.1) is 23.5 Å². The third kappa shape index (κ3) is 2.26. The molecule has 0 atom stereocenters. The summed E-state index contributed by atoms with van der Waals surface area (Å²) in [4.78, 5) is 36.3. The normalized spacial score (nSPS) is 18.1. The van der Waals surface area contributed by atoms with Crippen LogP contribution < -0.4 is 4.90 Å². The van der Waals surface area contributed by atoms with Gasteiger partial charge in [0.15, 0.2) is 5.65 Å². The Bertz CT molecular complexity index is 880. The van der Waals surface area contributed by atoms with Crippen LogP contribution in [-0.2, 0) is 9.59 Å². The summed E-state index contributed by atoms with van der Waals surface area (Å²) in [6.07, 6.45) is 0. The van der Waals surface area contributed by atoms with Crippen molar-refractivity contribution in [3.05, 3.63) is 39.3 Å². The lowest BCUT2D eigenvalue weighted by Gasteiger charge is -2.14. The Labute approximate surface area is 141 Å². The molecule has 7 heteroatoms. The van der Waals surface area contributed by atoms with E-state index in [9.17, 15) is 9.59 Å². The van der Waals surface area contributed by atoms with Gasteiger partial charge in [-0.25, -0.2) is 14.9 Å². The van der Waals surface area contributed by atoms with Gasteiger partial charge in [-0.3, -0.25) is 9.59 Å². The molecular formula is C16H13N3O2S2. The lowest BCUT2D eigenvalue weighted by molar-refractivity contribution is -0.120. The highest BCUT2D eigenvalue weighted by molar-refractivity contribution is 8.11. The van der Waals surface area contributed by atoms with Crippen LogP contribution in [0.5, 0.6) is 0 Å². The summed E-state index contributed by atoms with van der Waals surface area (Å²) >= 11 is 2.91. The zero-order chi connectivity index (χ0) is 16.1. The molecule has 2 aromatic heterocycles. The molecule has 0 aromatic carbocycles. The van der Waals surface area contributed by atoms with Crippen molar-refractivity contribution in [3.8, 4) is 0 Å². The molecular weight excluding hydrogens is 330 g/mol. The van der Waals surface area contributed by atoms with E-state index in [0.717, 1.165) is 28.1 Å². The number of hydrogen-bond donors (Lipinski definition) is 0. The van der Waals surface area contributed by atoms with Crippen molar-refractivity contribution in [1.82, 2.24) is 9.97 Å². The molecule has 0 aliphatic carbocycles. The monoisotopic (exact) mass is 343 g/mol. The third-order valence-electron chi connectivity index (χ3n) is 3.80. The molecule has 0 N–H and O–H groups in total. The third-order valence-corrected chi connectivity index (χ3v) is 6.34. The molecule has 0 radical (unpaired) electrons. The van der Waals surface area contributed by atoms with E-state index in [4.69, 9.17) is 0 Å². The molecule has 0 bridgehead atoms. The molecule has 0 saturated heterocycles. The van der Waals surface area contributed by atoms with Crippen molar-refractivity contribution in [2.75, 3.05) is 16.4 Å². The molecule has 4 rings (SSSR count). The summed E-state index contributed by atoms with van der Waals surface area (Å²) in [6.45, 7) is 3.90. The van der Waals surface area contributed by atoms with Gasteiger partial charge in [-0.1, -0.05) is 0 Å². The fourth-order valence-corrected chi connectivity index (χ4v) is 5.08. The number of aryl methyl sites for hydroxylation is 2. The number of nitrogens with zero attached hydrogens (tertiary/aromatic N) is 3. The molecule has 2 amide bonds. The van der Waals surface area contributed by atoms with Gasteiger partial charge in [0.2, 0.25) is 0 Å². The topological polar surface area (TPSA) is 63.2 Å². The van der Waals surface area contributed by atoms with E-state index in [1.807, 2.05) is 26.0 Å². The van der Waals surface area contributed by atoms with Crippen molar-refractivity contribution in [2.24, 2.45) is 0 Å². The van der Waals surface area contributed by atoms with Crippen LogP contribution >= 0.6 is 23.5 Å². The van der Waals surface area contributed by atoms with Gasteiger partial charge >= 0.3 is 0 Å². The van der Waals surface area contributed by atoms with Gasteiger partial charge in [-0.05, 0) is 37.6 Å². The van der Waals surface area contributed by atoms with Crippen LogP contribution in [0, 0.1) is 13.8 Å². The summed E-state index contributed by atoms with van der Waals surface area (Å²) < 4.78 is 0. The number of thioether (sulfide) groups is 2. The molecule has 116 valence electrons. The highest BCUT2D eigenvalue weighted by atomic mass is 32.2. The van der Waals surface area contributed by atoms with Crippen molar-refractivity contribution >= 4 is 52.2 Å². The maximum atomic E-state index is 12.6. The van der Waals surface area contributed by atoms with E-state index < -0.39 is 0 Å². The van der Waals surface area contributed by atoms with E-state index in [-0.39, 0.29) is 11.8 Å². The zero-order valence-electron chi connectivity index (χ0n) is 12.6. The van der Waals surface area contributed by atoms with Crippen molar-refractivity contribution < 1.29 is 9.59 Å². The number of fused-ring (bicyclic) bond motifs is 1. The highest BCUT2D eigenvalue weighted by Gasteiger charge is 2.41. The maximum absolute atomic E-state index is 12.6. The first kappa shape index (κ1) is 14.7. The number of anilines is 1. The summed E-state index contributed by atoms with van der Waals surface area (Å²) in [7, 11) is 0. The van der Waals surface area contributed by atoms with Crippen LogP contribution in [0.3, 0.4) is 0 Å². The minimum Gasteiger partial charge on any atom is -0.267 e. The van der Waals surface area contributed by atoms with Gasteiger partial charge in [0.05, 0.1) is 9.81 Å². The fraction of sp³-hybridized carbons (Fsp3) is 0.250. The molecule has 0 fully saturated rings. The predicted octanol–water partition coefficient (Wildman–Crippen LogP) is 2.81. The largest absolute Gasteiger partial charge is 0.274 e. The molecule has 4 heterocycles. The molecule has 0 unspecified atom stereocenters. The summed E-state index contributed by atoms with van der Waals surface area (Å²) in [5.41, 5.74) is 2.50. The number of aromatic nitrogens is 2. The average Bonchev–Trinajstić information content (AvgIpc) is 2.78. The van der Waals surface area contributed by atoms with E-state index in [2.05, 4.69) is 9.97 Å². The van der Waals surface area contributed by atoms with Crippen LogP contribution in [0.15, 0.2) is 28.0 Å². The van der Waals surface area contributed by atoms with Crippen molar-refractivity contribution in [1.29, 1.82) is 0 Å². The van der Waals surface area contributed by atoms with Crippen LogP contribution in [0.4, 0.5) is 5.82 Å². The Balaban J connectivity index is 1.81. The van der Waals surface area contributed by atoms with Crippen molar-refractivity contribution in [2.45, 2.75) is 13.8 Å². The second-order valence-corrected chi connectivity index (χ2v) is 7.63. The summed E-state index contributed by atoms with van der Waals surface area (Å²) in [6, 6.07) is 5.58. The minimum absolute atomic E-state index is 0.265. The number of imide groups is 1. The fourth-order valence-electron chi connectivity index (χ4n) is 2.79. The number of hydrogen-bond acceptors (Lipinski definition) is 6. The Kier molecular flexibility index (Phi) is 3.42. The van der Waals surface area contributed by atoms with Gasteiger partial charge in [0, 0.05) is 22.6 Å². The lowest BCUT2D eigenvalue weighted by atomic mass is 10.1. The lowest BCUT2D eigenvalue weighted by Crippen LogP contribution is -2.31. The van der Waals surface area contributed by atoms with E-state index in [1.54, 1.807) is 6.07 Å². The maximum Gasteiger partial charge on any atom is 0.274 e. The molecule has 2 aliphatic heterocycles. The molecule has 2 aliphatic rings. The number of rotatable bonds is 1. The van der Waals surface area contributed by atoms with Gasteiger partial charge in [0.25, 0.3) is 11.8 Å². The van der Waals surface area contributed by atoms with Crippen LogP contribution in [0.1, 0.15) is 11.3 Å². The SMILES string of the molecule is Cc1cc(C)c2ccc(N3C(=O)C4=C(SCCS4)C3=O)nc2n1. The molecule has 23 heavy (non-hydrogen) atoms. The number of pyridine rings is 2. The van der Waals surface area contributed by atoms with Crippen LogP contribution in [-0.4, -0.2) is 33.3 Å². The summed E-state index contributed by atoms with van der Waals surface area (Å²) in [5.74, 6) is 1.51. The molecule has 5 nitrogen and oxygen atoms in total. The molecule has 0 spiro atoms. The van der Waals surface area contributed by atoms with E-state index in [1.165, 1.54) is 28.4 Å². The molecule has 2 aromatic rings. The standard InChI is InChI=1S/C16H13N3O2S2/c1-8-7-9(2)17-14-10(8)3-4-11(18-14)19-15(20)12-13(16(19)21)23-6-5-22-12/h3-4,7H,5-6H2,1-2H3. The number of carbonyl (C=O) groups is 2. The van der Waals surface area contributed by atoms with Crippen LogP contribution in [0.2, 0.25) is 0 Å². The second-order valence-electron chi connectivity index (χ2n) is 5.42. The Hall–Kier alpha value is -1.86. The van der Waals surface area contributed by atoms with E-state index >= 15 is 0 Å². The molecule has 0 saturated carbocycles. The summed E-state index contributed by atoms with van der Waals surface area (Å²) in [5, 5.41) is 0.930. The van der Waals surface area contributed by atoms with Crippen molar-refractivity contribution in [3.63, 3.8) is 0 Å². The number of amides is 2. The van der Waals surface area contributed by atoms with Gasteiger partial charge in [-0.2, -0.15) is 0 Å².